The van der Waals surface area contributed by atoms with Crippen LogP contribution in [0.15, 0.2) is 16.9 Å². The Balaban J connectivity index is 1.85. The lowest BCUT2D eigenvalue weighted by molar-refractivity contribution is 0.321. The monoisotopic (exact) mass is 274 g/mol. The van der Waals surface area contributed by atoms with Crippen LogP contribution < -0.4 is 10.9 Å². The van der Waals surface area contributed by atoms with E-state index in [1.54, 1.807) is 6.07 Å². The summed E-state index contributed by atoms with van der Waals surface area (Å²) in [7, 11) is 0. The molecule has 1 saturated carbocycles. The molecule has 20 heavy (non-hydrogen) atoms. The SMILES string of the molecule is CCNC(Cn1c2c(ccc1=O)CCC2)C1CCCC1. The van der Waals surface area contributed by atoms with Crippen LogP contribution in [0.5, 0.6) is 0 Å². The standard InChI is InChI=1S/C17H26N2O/c1-2-18-15(13-6-3-4-7-13)12-19-16-9-5-8-14(16)10-11-17(19)20/h10-11,13,15,18H,2-9,12H2,1H3. The molecule has 1 aromatic rings. The molecule has 0 spiro atoms. The zero-order valence-electron chi connectivity index (χ0n) is 12.5. The maximum atomic E-state index is 12.3. The quantitative estimate of drug-likeness (QED) is 0.895. The van der Waals surface area contributed by atoms with Crippen molar-refractivity contribution in [2.45, 2.75) is 64.5 Å². The van der Waals surface area contributed by atoms with Crippen molar-refractivity contribution in [3.8, 4) is 0 Å². The molecule has 0 bridgehead atoms. The molecule has 1 unspecified atom stereocenters. The number of hydrogen-bond donors (Lipinski definition) is 1. The molecule has 0 amide bonds. The van der Waals surface area contributed by atoms with Crippen LogP contribution in [0, 0.1) is 5.92 Å². The molecule has 3 heteroatoms. The van der Waals surface area contributed by atoms with Gasteiger partial charge in [0.2, 0.25) is 0 Å². The lowest BCUT2D eigenvalue weighted by Crippen LogP contribution is -2.41. The van der Waals surface area contributed by atoms with E-state index in [0.29, 0.717) is 6.04 Å². The normalized spacial score (nSPS) is 20.2. The molecular weight excluding hydrogens is 248 g/mol. The van der Waals surface area contributed by atoms with E-state index >= 15 is 0 Å². The third-order valence-electron chi connectivity index (χ3n) is 5.06. The first kappa shape index (κ1) is 13.9. The molecule has 3 nitrogen and oxygen atoms in total. The fourth-order valence-electron chi connectivity index (χ4n) is 4.03. The molecule has 1 aromatic heterocycles. The second-order valence-electron chi connectivity index (χ2n) is 6.32. The molecule has 1 fully saturated rings. The Morgan fingerprint density at radius 1 is 1.25 bits per heavy atom. The van der Waals surface area contributed by atoms with Gasteiger partial charge in [0.05, 0.1) is 0 Å². The van der Waals surface area contributed by atoms with E-state index < -0.39 is 0 Å². The lowest BCUT2D eigenvalue weighted by atomic mass is 9.97. The zero-order chi connectivity index (χ0) is 13.9. The molecule has 0 aromatic carbocycles. The van der Waals surface area contributed by atoms with E-state index in [2.05, 4.69) is 16.8 Å². The van der Waals surface area contributed by atoms with E-state index in [-0.39, 0.29) is 5.56 Å². The van der Waals surface area contributed by atoms with Gasteiger partial charge in [-0.3, -0.25) is 4.79 Å². The van der Waals surface area contributed by atoms with Crippen LogP contribution in [0.25, 0.3) is 0 Å². The van der Waals surface area contributed by atoms with Crippen molar-refractivity contribution in [2.24, 2.45) is 5.92 Å². The highest BCUT2D eigenvalue weighted by Gasteiger charge is 2.26. The number of aromatic nitrogens is 1. The summed E-state index contributed by atoms with van der Waals surface area (Å²) in [6, 6.07) is 4.27. The Morgan fingerprint density at radius 3 is 2.80 bits per heavy atom. The highest BCUT2D eigenvalue weighted by molar-refractivity contribution is 5.25. The number of nitrogens with one attached hydrogen (secondary N) is 1. The molecule has 2 aliphatic carbocycles. The summed E-state index contributed by atoms with van der Waals surface area (Å²) < 4.78 is 2.06. The molecule has 1 N–H and O–H groups in total. The van der Waals surface area contributed by atoms with Crippen molar-refractivity contribution in [3.63, 3.8) is 0 Å². The van der Waals surface area contributed by atoms with Gasteiger partial charge in [-0.15, -0.1) is 0 Å². The van der Waals surface area contributed by atoms with E-state index in [0.717, 1.165) is 31.8 Å². The minimum Gasteiger partial charge on any atom is -0.312 e. The lowest BCUT2D eigenvalue weighted by Gasteiger charge is -2.26. The number of likely N-dealkylation sites (N-methyl/N-ethyl adjacent to an activating group) is 1. The van der Waals surface area contributed by atoms with Crippen molar-refractivity contribution >= 4 is 0 Å². The van der Waals surface area contributed by atoms with Crippen LogP contribution >= 0.6 is 0 Å². The number of fused-ring (bicyclic) bond motifs is 1. The first-order valence-corrected chi connectivity index (χ1v) is 8.24. The van der Waals surface area contributed by atoms with Crippen LogP contribution in [-0.2, 0) is 19.4 Å². The minimum atomic E-state index is 0.187. The zero-order valence-corrected chi connectivity index (χ0v) is 12.5. The van der Waals surface area contributed by atoms with Crippen LogP contribution in [0.4, 0.5) is 0 Å². The summed E-state index contributed by atoms with van der Waals surface area (Å²) >= 11 is 0. The average molecular weight is 274 g/mol. The van der Waals surface area contributed by atoms with E-state index in [1.807, 2.05) is 6.07 Å². The van der Waals surface area contributed by atoms with E-state index in [9.17, 15) is 4.79 Å². The number of pyridine rings is 1. The van der Waals surface area contributed by atoms with Crippen molar-refractivity contribution in [1.29, 1.82) is 0 Å². The predicted molar refractivity (Wildman–Crippen MR) is 82.1 cm³/mol. The van der Waals surface area contributed by atoms with Crippen LogP contribution in [-0.4, -0.2) is 17.2 Å². The summed E-state index contributed by atoms with van der Waals surface area (Å²) in [5, 5.41) is 3.63. The summed E-state index contributed by atoms with van der Waals surface area (Å²) in [5.41, 5.74) is 2.89. The molecular formula is C17H26N2O. The first-order valence-electron chi connectivity index (χ1n) is 8.24. The summed E-state index contributed by atoms with van der Waals surface area (Å²) in [5.74, 6) is 0.749. The third kappa shape index (κ3) is 2.69. The fraction of sp³-hybridized carbons (Fsp3) is 0.706. The molecule has 0 aliphatic heterocycles. The molecule has 1 heterocycles. The Bertz CT molecular complexity index is 514. The second-order valence-corrected chi connectivity index (χ2v) is 6.32. The highest BCUT2D eigenvalue weighted by atomic mass is 16.1. The summed E-state index contributed by atoms with van der Waals surface area (Å²) in [6.45, 7) is 4.02. The number of hydrogen-bond acceptors (Lipinski definition) is 2. The molecule has 3 rings (SSSR count). The molecule has 0 saturated heterocycles. The van der Waals surface area contributed by atoms with Crippen LogP contribution in [0.3, 0.4) is 0 Å². The molecule has 1 atom stereocenters. The van der Waals surface area contributed by atoms with E-state index in [1.165, 1.54) is 43.4 Å². The second kappa shape index (κ2) is 6.13. The Morgan fingerprint density at radius 2 is 2.05 bits per heavy atom. The van der Waals surface area contributed by atoms with Gasteiger partial charge in [-0.1, -0.05) is 25.8 Å². The van der Waals surface area contributed by atoms with Gasteiger partial charge >= 0.3 is 0 Å². The first-order chi connectivity index (χ1) is 9.79. The van der Waals surface area contributed by atoms with Gasteiger partial charge in [0.25, 0.3) is 5.56 Å². The maximum Gasteiger partial charge on any atom is 0.250 e. The number of nitrogens with zero attached hydrogens (tertiary/aromatic N) is 1. The molecule has 110 valence electrons. The maximum absolute atomic E-state index is 12.3. The van der Waals surface area contributed by atoms with Crippen molar-refractivity contribution in [3.05, 3.63) is 33.7 Å². The van der Waals surface area contributed by atoms with Crippen LogP contribution in [0.1, 0.15) is 50.3 Å². The highest BCUT2D eigenvalue weighted by Crippen LogP contribution is 2.29. The largest absolute Gasteiger partial charge is 0.312 e. The van der Waals surface area contributed by atoms with E-state index in [4.69, 9.17) is 0 Å². The van der Waals surface area contributed by atoms with Crippen molar-refractivity contribution < 1.29 is 0 Å². The van der Waals surface area contributed by atoms with Gasteiger partial charge in [-0.2, -0.15) is 0 Å². The van der Waals surface area contributed by atoms with Gasteiger partial charge in [0.15, 0.2) is 0 Å². The fourth-order valence-corrected chi connectivity index (χ4v) is 4.03. The van der Waals surface area contributed by atoms with Gasteiger partial charge < -0.3 is 9.88 Å². The average Bonchev–Trinajstić information content (AvgIpc) is 3.11. The van der Waals surface area contributed by atoms with Crippen molar-refractivity contribution in [2.75, 3.05) is 6.54 Å². The smallest absolute Gasteiger partial charge is 0.250 e. The minimum absolute atomic E-state index is 0.187. The predicted octanol–water partition coefficient (Wildman–Crippen LogP) is 2.51. The van der Waals surface area contributed by atoms with Gasteiger partial charge in [0, 0.05) is 24.3 Å². The Kier molecular flexibility index (Phi) is 4.25. The summed E-state index contributed by atoms with van der Waals surface area (Å²) in [4.78, 5) is 12.3. The van der Waals surface area contributed by atoms with Crippen molar-refractivity contribution in [1.82, 2.24) is 9.88 Å². The van der Waals surface area contributed by atoms with Gasteiger partial charge in [-0.25, -0.2) is 0 Å². The van der Waals surface area contributed by atoms with Gasteiger partial charge in [-0.05, 0) is 50.1 Å². The molecule has 2 aliphatic rings. The van der Waals surface area contributed by atoms with Crippen LogP contribution in [0.2, 0.25) is 0 Å². The number of aryl methyl sites for hydroxylation is 1. The Labute approximate surface area is 121 Å². The number of rotatable bonds is 5. The third-order valence-corrected chi connectivity index (χ3v) is 5.06. The Hall–Kier alpha value is -1.09. The molecule has 0 radical (unpaired) electrons. The topological polar surface area (TPSA) is 34.0 Å². The van der Waals surface area contributed by atoms with Gasteiger partial charge in [0.1, 0.15) is 0 Å². The summed E-state index contributed by atoms with van der Waals surface area (Å²) in [6.07, 6.45) is 8.78.